The zero-order valence-corrected chi connectivity index (χ0v) is 35.1. The molecule has 2 heteroatoms. The normalized spacial score (nSPS) is 11.4. The van der Waals surface area contributed by atoms with E-state index in [1.165, 1.54) is 116 Å². The van der Waals surface area contributed by atoms with Gasteiger partial charge in [0.2, 0.25) is 0 Å². The first-order valence-corrected chi connectivity index (χ1v) is 21.1. The summed E-state index contributed by atoms with van der Waals surface area (Å²) in [5, 5.41) is 5.07. The molecule has 56 heavy (non-hydrogen) atoms. The van der Waals surface area contributed by atoms with Gasteiger partial charge in [-0.1, -0.05) is 111 Å². The lowest BCUT2D eigenvalue weighted by Gasteiger charge is -2.36. The van der Waals surface area contributed by atoms with Gasteiger partial charge in [0.25, 0.3) is 0 Å². The second-order valence-corrected chi connectivity index (χ2v) is 16.3. The minimum Gasteiger partial charge on any atom is -0.308 e. The summed E-state index contributed by atoms with van der Waals surface area (Å²) < 4.78 is 0. The molecule has 7 aromatic rings. The fourth-order valence-corrected chi connectivity index (χ4v) is 8.16. The molecule has 0 radical (unpaired) electrons. The van der Waals surface area contributed by atoms with Crippen molar-refractivity contribution in [3.05, 3.63) is 166 Å². The number of hydrogen-bond acceptors (Lipinski definition) is 2. The number of rotatable bonds is 14. The summed E-state index contributed by atoms with van der Waals surface area (Å²) in [5.41, 5.74) is 17.5. The fraction of sp³-hybridized carbons (Fsp3) is 0.296. The maximum Gasteiger partial charge on any atom is 0.0788 e. The van der Waals surface area contributed by atoms with E-state index in [1.54, 1.807) is 0 Å². The third kappa shape index (κ3) is 8.12. The molecule has 0 saturated heterocycles. The Morgan fingerprint density at radius 2 is 0.625 bits per heavy atom. The number of aryl methyl sites for hydroxylation is 8. The molecule has 7 rings (SSSR count). The Morgan fingerprint density at radius 3 is 0.929 bits per heavy atom. The Bertz CT molecular complexity index is 2240. The molecule has 7 aromatic carbocycles. The molecule has 0 aliphatic rings. The van der Waals surface area contributed by atoms with Gasteiger partial charge in [-0.05, 0) is 172 Å². The van der Waals surface area contributed by atoms with Crippen LogP contribution in [0.5, 0.6) is 0 Å². The van der Waals surface area contributed by atoms with Gasteiger partial charge in [-0.15, -0.1) is 0 Å². The highest BCUT2D eigenvalue weighted by Gasteiger charge is 2.28. The van der Waals surface area contributed by atoms with Gasteiger partial charge in [0, 0.05) is 33.5 Å². The summed E-state index contributed by atoms with van der Waals surface area (Å²) >= 11 is 0. The van der Waals surface area contributed by atoms with E-state index in [1.807, 2.05) is 0 Å². The van der Waals surface area contributed by atoms with E-state index in [0.29, 0.717) is 0 Å². The summed E-state index contributed by atoms with van der Waals surface area (Å²) in [6, 6.07) is 46.8. The van der Waals surface area contributed by atoms with E-state index in [-0.39, 0.29) is 0 Å². The molecule has 0 unspecified atom stereocenters. The number of hydrogen-bond donors (Lipinski definition) is 0. The van der Waals surface area contributed by atoms with Gasteiger partial charge in [0.15, 0.2) is 0 Å². The van der Waals surface area contributed by atoms with Crippen molar-refractivity contribution in [1.29, 1.82) is 0 Å². The van der Waals surface area contributed by atoms with Gasteiger partial charge in [-0.2, -0.15) is 0 Å². The Balaban J connectivity index is 1.61. The zero-order chi connectivity index (χ0) is 39.3. The lowest BCUT2D eigenvalue weighted by atomic mass is 9.90. The van der Waals surface area contributed by atoms with E-state index in [0.717, 1.165) is 35.6 Å². The molecule has 0 amide bonds. The largest absolute Gasteiger partial charge is 0.308 e. The van der Waals surface area contributed by atoms with Crippen molar-refractivity contribution in [1.82, 2.24) is 0 Å². The van der Waals surface area contributed by atoms with Crippen LogP contribution in [-0.2, 0) is 12.8 Å². The summed E-state index contributed by atoms with van der Waals surface area (Å²) in [5.74, 6) is 0. The van der Waals surface area contributed by atoms with Crippen LogP contribution >= 0.6 is 0 Å². The van der Waals surface area contributed by atoms with Crippen molar-refractivity contribution in [2.24, 2.45) is 0 Å². The molecule has 0 aliphatic carbocycles. The summed E-state index contributed by atoms with van der Waals surface area (Å²) in [6.45, 7) is 18.0. The van der Waals surface area contributed by atoms with Crippen LogP contribution in [0.15, 0.2) is 121 Å². The quantitative estimate of drug-likeness (QED) is 0.0623. The Labute approximate surface area is 336 Å². The molecular weight excluding hydrogens is 677 g/mol. The van der Waals surface area contributed by atoms with Crippen LogP contribution in [0.1, 0.15) is 96.9 Å². The number of unbranched alkanes of at least 4 members (excludes halogenated alkanes) is 4. The number of fused-ring (bicyclic) bond motifs is 3. The zero-order valence-electron chi connectivity index (χ0n) is 35.1. The van der Waals surface area contributed by atoms with Crippen molar-refractivity contribution in [3.63, 3.8) is 0 Å². The van der Waals surface area contributed by atoms with E-state index < -0.39 is 0 Å². The summed E-state index contributed by atoms with van der Waals surface area (Å²) in [6.07, 6.45) is 9.63. The molecule has 0 heterocycles. The van der Waals surface area contributed by atoms with E-state index in [2.05, 4.69) is 187 Å². The average Bonchev–Trinajstić information content (AvgIpc) is 3.20. The second kappa shape index (κ2) is 17.2. The van der Waals surface area contributed by atoms with Crippen LogP contribution in [0.3, 0.4) is 0 Å². The molecule has 0 saturated carbocycles. The monoisotopic (exact) mass is 736 g/mol. The maximum absolute atomic E-state index is 2.54. The molecule has 0 fully saturated rings. The standard InChI is InChI=1S/C54H60N2/c1-9-11-13-15-43-21-29-47(30-22-43)55(45-25-17-37(3)18-26-45)53-51-35-41(7)39(5)33-49(51)50-34-40(6)42(8)36-52(50)54(53)56(46-27-19-38(4)20-28-46)48-31-23-44(24-32-48)16-14-12-10-2/h17-36H,9-16H2,1-8H3. The number of nitrogens with zero attached hydrogens (tertiary/aromatic N) is 2. The van der Waals surface area contributed by atoms with Crippen molar-refractivity contribution < 1.29 is 0 Å². The van der Waals surface area contributed by atoms with Crippen LogP contribution in [-0.4, -0.2) is 0 Å². The van der Waals surface area contributed by atoms with Crippen LogP contribution in [0, 0.1) is 41.5 Å². The van der Waals surface area contributed by atoms with Crippen molar-refractivity contribution in [3.8, 4) is 0 Å². The van der Waals surface area contributed by atoms with E-state index >= 15 is 0 Å². The Hall–Kier alpha value is -5.34. The summed E-state index contributed by atoms with van der Waals surface area (Å²) in [7, 11) is 0. The highest BCUT2D eigenvalue weighted by atomic mass is 15.2. The Kier molecular flexibility index (Phi) is 12.0. The van der Waals surface area contributed by atoms with E-state index in [4.69, 9.17) is 0 Å². The molecule has 0 aliphatic heterocycles. The second-order valence-electron chi connectivity index (χ2n) is 16.3. The molecule has 0 N–H and O–H groups in total. The van der Waals surface area contributed by atoms with Crippen LogP contribution in [0.25, 0.3) is 21.5 Å². The fourth-order valence-electron chi connectivity index (χ4n) is 8.16. The van der Waals surface area contributed by atoms with Gasteiger partial charge >= 0.3 is 0 Å². The minimum absolute atomic E-state index is 1.11. The van der Waals surface area contributed by atoms with Crippen LogP contribution < -0.4 is 9.80 Å². The average molecular weight is 737 g/mol. The minimum atomic E-state index is 1.11. The third-order valence-electron chi connectivity index (χ3n) is 11.9. The smallest absolute Gasteiger partial charge is 0.0788 e. The lowest BCUT2D eigenvalue weighted by Crippen LogP contribution is -2.18. The molecule has 0 spiro atoms. The van der Waals surface area contributed by atoms with Crippen molar-refractivity contribution >= 4 is 55.7 Å². The van der Waals surface area contributed by atoms with Gasteiger partial charge in [0.05, 0.1) is 11.4 Å². The SMILES string of the molecule is CCCCCc1ccc(N(c2ccc(C)cc2)c2c(N(c3ccc(C)cc3)c3ccc(CCCCC)cc3)c3cc(C)c(C)cc3c3cc(C)c(C)cc23)cc1. The molecule has 0 aromatic heterocycles. The maximum atomic E-state index is 2.54. The third-order valence-corrected chi connectivity index (χ3v) is 11.9. The highest BCUT2D eigenvalue weighted by Crippen LogP contribution is 2.54. The molecular formula is C54H60N2. The first-order chi connectivity index (χ1) is 27.2. The van der Waals surface area contributed by atoms with Gasteiger partial charge in [-0.3, -0.25) is 0 Å². The molecule has 0 bridgehead atoms. The van der Waals surface area contributed by atoms with Crippen LogP contribution in [0.4, 0.5) is 34.1 Å². The van der Waals surface area contributed by atoms with E-state index in [9.17, 15) is 0 Å². The Morgan fingerprint density at radius 1 is 0.339 bits per heavy atom. The van der Waals surface area contributed by atoms with Crippen molar-refractivity contribution in [2.45, 2.75) is 107 Å². The van der Waals surface area contributed by atoms with Gasteiger partial charge in [0.1, 0.15) is 0 Å². The van der Waals surface area contributed by atoms with Crippen molar-refractivity contribution in [2.75, 3.05) is 9.80 Å². The number of anilines is 6. The highest BCUT2D eigenvalue weighted by molar-refractivity contribution is 6.24. The first kappa shape index (κ1) is 38.9. The lowest BCUT2D eigenvalue weighted by molar-refractivity contribution is 0.717. The predicted molar refractivity (Wildman–Crippen MR) is 246 cm³/mol. The molecule has 0 atom stereocenters. The van der Waals surface area contributed by atoms with Crippen LogP contribution in [0.2, 0.25) is 0 Å². The summed E-state index contributed by atoms with van der Waals surface area (Å²) in [4.78, 5) is 5.08. The molecule has 286 valence electrons. The predicted octanol–water partition coefficient (Wildman–Crippen LogP) is 16.2. The van der Waals surface area contributed by atoms with Gasteiger partial charge in [-0.25, -0.2) is 0 Å². The first-order valence-electron chi connectivity index (χ1n) is 21.1. The van der Waals surface area contributed by atoms with Gasteiger partial charge < -0.3 is 9.80 Å². The number of benzene rings is 7. The topological polar surface area (TPSA) is 6.48 Å². The molecule has 2 nitrogen and oxygen atoms in total.